The number of hydrogen-bond donors (Lipinski definition) is 2. The van der Waals surface area contributed by atoms with E-state index in [9.17, 15) is 9.90 Å². The van der Waals surface area contributed by atoms with Crippen LogP contribution < -0.4 is 5.32 Å². The van der Waals surface area contributed by atoms with Crippen molar-refractivity contribution in [3.63, 3.8) is 0 Å². The van der Waals surface area contributed by atoms with E-state index >= 15 is 0 Å². The maximum absolute atomic E-state index is 12.2. The molecule has 2 rings (SSSR count). The molecule has 0 spiro atoms. The van der Waals surface area contributed by atoms with Gasteiger partial charge >= 0.3 is 5.97 Å². The van der Waals surface area contributed by atoms with Gasteiger partial charge in [-0.2, -0.15) is 0 Å². The third-order valence-corrected chi connectivity index (χ3v) is 4.36. The molecule has 0 radical (unpaired) electrons. The fourth-order valence-corrected chi connectivity index (χ4v) is 3.28. The predicted molar refractivity (Wildman–Crippen MR) is 63.6 cm³/mol. The van der Waals surface area contributed by atoms with Gasteiger partial charge in [0, 0.05) is 13.1 Å². The molecule has 17 heavy (non-hydrogen) atoms. The van der Waals surface area contributed by atoms with E-state index in [0.29, 0.717) is 25.8 Å². The summed E-state index contributed by atoms with van der Waals surface area (Å²) in [6.45, 7) is 2.92. The summed E-state index contributed by atoms with van der Waals surface area (Å²) in [5.74, 6) is -0.253. The van der Waals surface area contributed by atoms with Crippen molar-refractivity contribution in [3.05, 3.63) is 0 Å². The monoisotopic (exact) mass is 242 g/mol. The van der Waals surface area contributed by atoms with Gasteiger partial charge in [0.2, 0.25) is 0 Å². The Kier molecular flexibility index (Phi) is 3.43. The Morgan fingerprint density at radius 3 is 2.47 bits per heavy atom. The molecule has 5 nitrogen and oxygen atoms in total. The molecule has 2 aliphatic rings. The van der Waals surface area contributed by atoms with Crippen molar-refractivity contribution < 1.29 is 14.6 Å². The number of esters is 1. The van der Waals surface area contributed by atoms with Crippen molar-refractivity contribution in [2.45, 2.75) is 24.9 Å². The molecule has 2 saturated heterocycles. The van der Waals surface area contributed by atoms with E-state index < -0.39 is 11.0 Å². The van der Waals surface area contributed by atoms with Gasteiger partial charge in [-0.1, -0.05) is 0 Å². The first-order chi connectivity index (χ1) is 8.04. The molecule has 98 valence electrons. The highest BCUT2D eigenvalue weighted by molar-refractivity contribution is 5.78. The lowest BCUT2D eigenvalue weighted by Gasteiger charge is -2.45. The first kappa shape index (κ1) is 12.8. The van der Waals surface area contributed by atoms with Crippen LogP contribution >= 0.6 is 0 Å². The zero-order valence-corrected chi connectivity index (χ0v) is 10.7. The summed E-state index contributed by atoms with van der Waals surface area (Å²) in [4.78, 5) is 14.2. The minimum atomic E-state index is -0.934. The van der Waals surface area contributed by atoms with Gasteiger partial charge in [-0.3, -0.25) is 4.79 Å². The van der Waals surface area contributed by atoms with E-state index in [4.69, 9.17) is 4.74 Å². The SMILES string of the molecule is COC(=O)C1(C2(O)CCN(C)C2)CCNCC1. The number of piperidine rings is 1. The van der Waals surface area contributed by atoms with E-state index in [2.05, 4.69) is 10.2 Å². The quantitative estimate of drug-likeness (QED) is 0.645. The minimum Gasteiger partial charge on any atom is -0.469 e. The highest BCUT2D eigenvalue weighted by Crippen LogP contribution is 2.45. The standard InChI is InChI=1S/C12H22N2O3/c1-14-8-5-12(16,9-14)11(10(15)17-2)3-6-13-7-4-11/h13,16H,3-9H2,1-2H3. The number of β-amino-alcohol motifs (C(OH)–C–C–N with tert-alkyl or cyclic N) is 1. The number of methoxy groups -OCH3 is 1. The smallest absolute Gasteiger partial charge is 0.314 e. The Hall–Kier alpha value is -0.650. The first-order valence-corrected chi connectivity index (χ1v) is 6.24. The molecule has 2 heterocycles. The summed E-state index contributed by atoms with van der Waals surface area (Å²) in [6.07, 6.45) is 1.96. The Morgan fingerprint density at radius 1 is 1.35 bits per heavy atom. The molecule has 2 N–H and O–H groups in total. The van der Waals surface area contributed by atoms with E-state index in [1.54, 1.807) is 0 Å². The lowest BCUT2D eigenvalue weighted by molar-refractivity contribution is -0.176. The van der Waals surface area contributed by atoms with Crippen LogP contribution in [0.5, 0.6) is 0 Å². The van der Waals surface area contributed by atoms with Crippen molar-refractivity contribution in [2.75, 3.05) is 40.3 Å². The van der Waals surface area contributed by atoms with Gasteiger partial charge in [0.05, 0.1) is 12.7 Å². The molecule has 1 atom stereocenters. The lowest BCUT2D eigenvalue weighted by Crippen LogP contribution is -2.59. The number of rotatable bonds is 2. The largest absolute Gasteiger partial charge is 0.469 e. The molecule has 2 fully saturated rings. The van der Waals surface area contributed by atoms with Gasteiger partial charge in [-0.15, -0.1) is 0 Å². The summed E-state index contributed by atoms with van der Waals surface area (Å²) in [5.41, 5.74) is -1.66. The van der Waals surface area contributed by atoms with Gasteiger partial charge in [0.15, 0.2) is 0 Å². The molecule has 0 aromatic rings. The fourth-order valence-electron chi connectivity index (χ4n) is 3.28. The number of ether oxygens (including phenoxy) is 1. The third-order valence-electron chi connectivity index (χ3n) is 4.36. The highest BCUT2D eigenvalue weighted by atomic mass is 16.5. The Balaban J connectivity index is 2.29. The number of nitrogens with one attached hydrogen (secondary N) is 1. The van der Waals surface area contributed by atoms with Crippen molar-refractivity contribution in [2.24, 2.45) is 5.41 Å². The molecule has 0 bridgehead atoms. The van der Waals surface area contributed by atoms with Gasteiger partial charge in [-0.05, 0) is 39.4 Å². The number of carbonyl (C=O) groups excluding carboxylic acids is 1. The number of hydrogen-bond acceptors (Lipinski definition) is 5. The zero-order chi connectivity index (χ0) is 12.5. The van der Waals surface area contributed by atoms with Crippen LogP contribution in [0.3, 0.4) is 0 Å². The topological polar surface area (TPSA) is 61.8 Å². The zero-order valence-electron chi connectivity index (χ0n) is 10.7. The summed E-state index contributed by atoms with van der Waals surface area (Å²) >= 11 is 0. The number of aliphatic hydroxyl groups is 1. The lowest BCUT2D eigenvalue weighted by atomic mass is 9.65. The summed E-state index contributed by atoms with van der Waals surface area (Å²) in [5, 5.41) is 14.1. The molecule has 2 aliphatic heterocycles. The average Bonchev–Trinajstić information content (AvgIpc) is 2.70. The van der Waals surface area contributed by atoms with Crippen LogP contribution in [0, 0.1) is 5.41 Å². The van der Waals surface area contributed by atoms with E-state index in [-0.39, 0.29) is 5.97 Å². The van der Waals surface area contributed by atoms with Crippen LogP contribution in [0.4, 0.5) is 0 Å². The van der Waals surface area contributed by atoms with E-state index in [1.165, 1.54) is 7.11 Å². The van der Waals surface area contributed by atoms with Gasteiger partial charge < -0.3 is 20.1 Å². The first-order valence-electron chi connectivity index (χ1n) is 6.24. The van der Waals surface area contributed by atoms with Crippen molar-refractivity contribution in [1.29, 1.82) is 0 Å². The van der Waals surface area contributed by atoms with E-state index in [0.717, 1.165) is 19.6 Å². The Morgan fingerprint density at radius 2 is 2.00 bits per heavy atom. The maximum Gasteiger partial charge on any atom is 0.314 e. The fraction of sp³-hybridized carbons (Fsp3) is 0.917. The Bertz CT molecular complexity index is 302. The number of likely N-dealkylation sites (N-methyl/N-ethyl adjacent to an activating group) is 1. The molecule has 0 amide bonds. The third kappa shape index (κ3) is 1.96. The van der Waals surface area contributed by atoms with Crippen molar-refractivity contribution in [3.8, 4) is 0 Å². The number of likely N-dealkylation sites (tertiary alicyclic amines) is 1. The summed E-state index contributed by atoms with van der Waals surface area (Å²) in [6, 6.07) is 0. The van der Waals surface area contributed by atoms with Crippen LogP contribution in [-0.2, 0) is 9.53 Å². The molecule has 0 aromatic carbocycles. The molecular weight excluding hydrogens is 220 g/mol. The average molecular weight is 242 g/mol. The van der Waals surface area contributed by atoms with Crippen LogP contribution in [0.25, 0.3) is 0 Å². The van der Waals surface area contributed by atoms with E-state index in [1.807, 2.05) is 7.05 Å². The van der Waals surface area contributed by atoms with Gasteiger partial charge in [-0.25, -0.2) is 0 Å². The van der Waals surface area contributed by atoms with Crippen molar-refractivity contribution >= 4 is 5.97 Å². The number of nitrogens with zero attached hydrogens (tertiary/aromatic N) is 1. The van der Waals surface area contributed by atoms with Gasteiger partial charge in [0.1, 0.15) is 5.41 Å². The second-order valence-corrected chi connectivity index (χ2v) is 5.34. The molecule has 1 unspecified atom stereocenters. The molecule has 5 heteroatoms. The second kappa shape index (κ2) is 4.55. The Labute approximate surface area is 102 Å². The molecule has 0 aliphatic carbocycles. The van der Waals surface area contributed by atoms with Crippen LogP contribution in [0.1, 0.15) is 19.3 Å². The van der Waals surface area contributed by atoms with Gasteiger partial charge in [0.25, 0.3) is 0 Å². The maximum atomic E-state index is 12.2. The second-order valence-electron chi connectivity index (χ2n) is 5.34. The summed E-state index contributed by atoms with van der Waals surface area (Å²) in [7, 11) is 3.39. The number of carbonyl (C=O) groups is 1. The molecular formula is C12H22N2O3. The summed E-state index contributed by atoms with van der Waals surface area (Å²) < 4.78 is 4.96. The van der Waals surface area contributed by atoms with Crippen LogP contribution in [-0.4, -0.2) is 61.9 Å². The normalized spacial score (nSPS) is 33.6. The molecule has 0 saturated carbocycles. The highest BCUT2D eigenvalue weighted by Gasteiger charge is 2.58. The molecule has 0 aromatic heterocycles. The van der Waals surface area contributed by atoms with Crippen LogP contribution in [0.15, 0.2) is 0 Å². The van der Waals surface area contributed by atoms with Crippen molar-refractivity contribution in [1.82, 2.24) is 10.2 Å². The predicted octanol–water partition coefficient (Wildman–Crippen LogP) is -0.404. The van der Waals surface area contributed by atoms with Crippen LogP contribution in [0.2, 0.25) is 0 Å². The minimum absolute atomic E-state index is 0.253.